The Hall–Kier alpha value is -1.32. The maximum atomic E-state index is 9.67. The van der Waals surface area contributed by atoms with E-state index >= 15 is 0 Å². The van der Waals surface area contributed by atoms with Crippen LogP contribution in [-0.2, 0) is 6.54 Å². The number of halogens is 1. The molecule has 0 saturated carbocycles. The number of phenols is 1. The second-order valence-corrected chi connectivity index (χ2v) is 3.42. The lowest BCUT2D eigenvalue weighted by molar-refractivity contribution is 0.477. The van der Waals surface area contributed by atoms with Crippen LogP contribution in [0.4, 0.5) is 0 Å². The van der Waals surface area contributed by atoms with Crippen LogP contribution in [0.1, 0.15) is 5.56 Å². The number of aromatic hydroxyl groups is 1. The molecule has 0 aliphatic carbocycles. The average molecular weight is 280 g/mol. The Balaban J connectivity index is 0.00000128. The lowest BCUT2D eigenvalue weighted by Gasteiger charge is -2.05. The van der Waals surface area contributed by atoms with Gasteiger partial charge in [0.15, 0.2) is 0 Å². The number of nitrogens with two attached hydrogens (primary N) is 1. The zero-order chi connectivity index (χ0) is 10.7. The van der Waals surface area contributed by atoms with Crippen LogP contribution in [0.3, 0.4) is 0 Å². The van der Waals surface area contributed by atoms with Crippen LogP contribution in [0.25, 0.3) is 11.1 Å². The molecule has 0 spiro atoms. The molecule has 3 N–H and O–H groups in total. The lowest BCUT2D eigenvalue weighted by Crippen LogP contribution is -1.95. The van der Waals surface area contributed by atoms with Gasteiger partial charge in [0.1, 0.15) is 5.75 Å². The van der Waals surface area contributed by atoms with Gasteiger partial charge in [-0.1, -0.05) is 42.5 Å². The molecule has 0 aromatic heterocycles. The number of benzene rings is 2. The minimum atomic E-state index is 0. The van der Waals surface area contributed by atoms with Gasteiger partial charge < -0.3 is 10.8 Å². The highest BCUT2D eigenvalue weighted by molar-refractivity contribution is 8.93. The fourth-order valence-electron chi connectivity index (χ4n) is 1.54. The van der Waals surface area contributed by atoms with E-state index in [0.29, 0.717) is 12.3 Å². The summed E-state index contributed by atoms with van der Waals surface area (Å²) in [6.45, 7) is 0.543. The van der Waals surface area contributed by atoms with Gasteiger partial charge in [0, 0.05) is 12.1 Å². The molecule has 0 aliphatic heterocycles. The van der Waals surface area contributed by atoms with Gasteiger partial charge in [-0.25, -0.2) is 0 Å². The fraction of sp³-hybridized carbons (Fsp3) is 0.0769. The van der Waals surface area contributed by atoms with Crippen LogP contribution >= 0.6 is 17.0 Å². The van der Waals surface area contributed by atoms with Gasteiger partial charge in [-0.05, 0) is 17.2 Å². The normalized spacial score (nSPS) is 9.56. The van der Waals surface area contributed by atoms with Gasteiger partial charge in [0.05, 0.1) is 0 Å². The van der Waals surface area contributed by atoms with E-state index in [-0.39, 0.29) is 17.0 Å². The summed E-state index contributed by atoms with van der Waals surface area (Å²) >= 11 is 0. The van der Waals surface area contributed by atoms with Crippen molar-refractivity contribution in [2.24, 2.45) is 5.73 Å². The molecule has 16 heavy (non-hydrogen) atoms. The maximum Gasteiger partial charge on any atom is 0.123 e. The zero-order valence-electron chi connectivity index (χ0n) is 8.76. The molecule has 0 heterocycles. The number of hydrogen-bond donors (Lipinski definition) is 2. The molecule has 0 unspecified atom stereocenters. The molecule has 0 fully saturated rings. The third-order valence-corrected chi connectivity index (χ3v) is 2.40. The summed E-state index contributed by atoms with van der Waals surface area (Å²) in [7, 11) is 0. The summed E-state index contributed by atoms with van der Waals surface area (Å²) in [5.74, 6) is 0.304. The number of para-hydroxylation sites is 1. The van der Waals surface area contributed by atoms with Crippen molar-refractivity contribution in [2.75, 3.05) is 0 Å². The molecule has 2 aromatic carbocycles. The summed E-state index contributed by atoms with van der Waals surface area (Å²) in [5.41, 5.74) is 8.46. The van der Waals surface area contributed by atoms with Crippen molar-refractivity contribution in [3.05, 3.63) is 54.1 Å². The molecular weight excluding hydrogens is 266 g/mol. The zero-order valence-corrected chi connectivity index (χ0v) is 10.5. The van der Waals surface area contributed by atoms with Crippen LogP contribution in [0.15, 0.2) is 48.5 Å². The standard InChI is InChI=1S/C13H13NO.BrH/c14-9-10-5-7-11(8-6-10)12-3-1-2-4-13(12)15;/h1-8,15H,9,14H2;1H. The molecule has 2 nitrogen and oxygen atoms in total. The van der Waals surface area contributed by atoms with Crippen molar-refractivity contribution >= 4 is 17.0 Å². The first-order chi connectivity index (χ1) is 7.31. The van der Waals surface area contributed by atoms with E-state index in [1.54, 1.807) is 6.07 Å². The molecule has 0 radical (unpaired) electrons. The Morgan fingerprint density at radius 2 is 1.56 bits per heavy atom. The molecular formula is C13H14BrNO. The van der Waals surface area contributed by atoms with Crippen molar-refractivity contribution in [1.82, 2.24) is 0 Å². The van der Waals surface area contributed by atoms with Crippen molar-refractivity contribution in [3.63, 3.8) is 0 Å². The highest BCUT2D eigenvalue weighted by atomic mass is 79.9. The molecule has 0 bridgehead atoms. The Morgan fingerprint density at radius 3 is 2.12 bits per heavy atom. The molecule has 0 aliphatic rings. The van der Waals surface area contributed by atoms with Gasteiger partial charge in [0.2, 0.25) is 0 Å². The third-order valence-electron chi connectivity index (χ3n) is 2.40. The van der Waals surface area contributed by atoms with E-state index in [2.05, 4.69) is 0 Å². The fourth-order valence-corrected chi connectivity index (χ4v) is 1.54. The van der Waals surface area contributed by atoms with Crippen LogP contribution in [-0.4, -0.2) is 5.11 Å². The first kappa shape index (κ1) is 12.7. The van der Waals surface area contributed by atoms with Crippen LogP contribution in [0.5, 0.6) is 5.75 Å². The minimum Gasteiger partial charge on any atom is -0.507 e. The molecule has 2 aromatic rings. The Bertz CT molecular complexity index is 454. The van der Waals surface area contributed by atoms with Crippen molar-refractivity contribution < 1.29 is 5.11 Å². The molecule has 84 valence electrons. The summed E-state index contributed by atoms with van der Waals surface area (Å²) in [5, 5.41) is 9.67. The van der Waals surface area contributed by atoms with Gasteiger partial charge in [0.25, 0.3) is 0 Å². The predicted octanol–water partition coefficient (Wildman–Crippen LogP) is 3.10. The summed E-state index contributed by atoms with van der Waals surface area (Å²) < 4.78 is 0. The molecule has 2 rings (SSSR count). The Kier molecular flexibility index (Phi) is 4.52. The summed E-state index contributed by atoms with van der Waals surface area (Å²) in [6.07, 6.45) is 0. The van der Waals surface area contributed by atoms with Crippen molar-refractivity contribution in [1.29, 1.82) is 0 Å². The topological polar surface area (TPSA) is 46.2 Å². The quantitative estimate of drug-likeness (QED) is 0.888. The monoisotopic (exact) mass is 279 g/mol. The van der Waals surface area contributed by atoms with Gasteiger partial charge >= 0.3 is 0 Å². The third kappa shape index (κ3) is 2.62. The lowest BCUT2D eigenvalue weighted by atomic mass is 10.0. The SMILES string of the molecule is Br.NCc1ccc(-c2ccccc2O)cc1. The largest absolute Gasteiger partial charge is 0.507 e. The summed E-state index contributed by atoms with van der Waals surface area (Å²) in [6, 6.07) is 15.2. The van der Waals surface area contributed by atoms with Gasteiger partial charge in [-0.3, -0.25) is 0 Å². The first-order valence-electron chi connectivity index (χ1n) is 4.88. The highest BCUT2D eigenvalue weighted by Gasteiger charge is 2.01. The van der Waals surface area contributed by atoms with Gasteiger partial charge in [-0.15, -0.1) is 17.0 Å². The van der Waals surface area contributed by atoms with Gasteiger partial charge in [-0.2, -0.15) is 0 Å². The molecule has 0 atom stereocenters. The van der Waals surface area contributed by atoms with Crippen molar-refractivity contribution in [3.8, 4) is 16.9 Å². The van der Waals surface area contributed by atoms with Crippen LogP contribution in [0, 0.1) is 0 Å². The second kappa shape index (κ2) is 5.68. The number of hydrogen-bond acceptors (Lipinski definition) is 2. The molecule has 0 saturated heterocycles. The van der Waals surface area contributed by atoms with E-state index in [0.717, 1.165) is 16.7 Å². The van der Waals surface area contributed by atoms with E-state index in [1.807, 2.05) is 42.5 Å². The number of rotatable bonds is 2. The maximum absolute atomic E-state index is 9.67. The average Bonchev–Trinajstić information content (AvgIpc) is 2.30. The second-order valence-electron chi connectivity index (χ2n) is 3.42. The van der Waals surface area contributed by atoms with E-state index < -0.39 is 0 Å². The minimum absolute atomic E-state index is 0. The highest BCUT2D eigenvalue weighted by Crippen LogP contribution is 2.28. The molecule has 3 heteroatoms. The Morgan fingerprint density at radius 1 is 0.938 bits per heavy atom. The van der Waals surface area contributed by atoms with E-state index in [4.69, 9.17) is 5.73 Å². The molecule has 0 amide bonds. The number of phenolic OH excluding ortho intramolecular Hbond substituents is 1. The first-order valence-corrected chi connectivity index (χ1v) is 4.88. The van der Waals surface area contributed by atoms with E-state index in [9.17, 15) is 5.11 Å². The van der Waals surface area contributed by atoms with Crippen LogP contribution < -0.4 is 5.73 Å². The summed E-state index contributed by atoms with van der Waals surface area (Å²) in [4.78, 5) is 0. The van der Waals surface area contributed by atoms with Crippen molar-refractivity contribution in [2.45, 2.75) is 6.54 Å². The van der Waals surface area contributed by atoms with E-state index in [1.165, 1.54) is 0 Å². The smallest absolute Gasteiger partial charge is 0.123 e. The van der Waals surface area contributed by atoms with Crippen LogP contribution in [0.2, 0.25) is 0 Å². The predicted molar refractivity (Wildman–Crippen MR) is 71.8 cm³/mol. The Labute approximate surface area is 106 Å².